The van der Waals surface area contributed by atoms with Gasteiger partial charge in [-0.2, -0.15) is 0 Å². The summed E-state index contributed by atoms with van der Waals surface area (Å²) in [6, 6.07) is 14.6. The van der Waals surface area contributed by atoms with Gasteiger partial charge in [-0.3, -0.25) is 9.98 Å². The molecule has 37 heavy (non-hydrogen) atoms. The maximum absolute atomic E-state index is 6.03. The molecule has 2 aromatic rings. The molecule has 1 heterocycles. The van der Waals surface area contributed by atoms with Gasteiger partial charge in [0.2, 0.25) is 0 Å². The Balaban J connectivity index is 0.00000153. The van der Waals surface area contributed by atoms with Gasteiger partial charge >= 0.3 is 0 Å². The highest BCUT2D eigenvalue weighted by molar-refractivity contribution is 6.17. The molecule has 0 aliphatic carbocycles. The number of nitrogens with two attached hydrogens (primary N) is 2. The Morgan fingerprint density at radius 3 is 2.46 bits per heavy atom. The van der Waals surface area contributed by atoms with Crippen LogP contribution in [0.2, 0.25) is 0 Å². The van der Waals surface area contributed by atoms with E-state index in [1.165, 1.54) is 36.6 Å². The molecule has 6 heteroatoms. The third-order valence-electron chi connectivity index (χ3n) is 6.17. The summed E-state index contributed by atoms with van der Waals surface area (Å²) >= 11 is 0. The summed E-state index contributed by atoms with van der Waals surface area (Å²) in [5.74, 6) is 0.972. The Kier molecular flexibility index (Phi) is 12.2. The van der Waals surface area contributed by atoms with Crippen LogP contribution in [0.5, 0.6) is 0 Å². The number of amidine groups is 1. The van der Waals surface area contributed by atoms with Crippen LogP contribution in [-0.4, -0.2) is 25.1 Å². The quantitative estimate of drug-likeness (QED) is 0.122. The third-order valence-corrected chi connectivity index (χ3v) is 6.17. The van der Waals surface area contributed by atoms with Crippen LogP contribution in [0.15, 0.2) is 88.7 Å². The Morgan fingerprint density at radius 2 is 1.81 bits per heavy atom. The average Bonchev–Trinajstić information content (AvgIpc) is 3.28. The maximum Gasteiger partial charge on any atom is 0.101 e. The van der Waals surface area contributed by atoms with E-state index in [-0.39, 0.29) is 0 Å². The molecule has 0 aromatic heterocycles. The van der Waals surface area contributed by atoms with E-state index in [0.29, 0.717) is 13.1 Å². The van der Waals surface area contributed by atoms with Crippen molar-refractivity contribution in [3.8, 4) is 0 Å². The zero-order valence-electron chi connectivity index (χ0n) is 23.0. The number of nitrogens with zero attached hydrogens (tertiary/aromatic N) is 2. The van der Waals surface area contributed by atoms with E-state index in [4.69, 9.17) is 15.7 Å². The minimum atomic E-state index is 0.593. The van der Waals surface area contributed by atoms with Crippen LogP contribution in [0.3, 0.4) is 0 Å². The van der Waals surface area contributed by atoms with Crippen LogP contribution in [0.25, 0.3) is 0 Å². The van der Waals surface area contributed by atoms with Crippen LogP contribution in [0, 0.1) is 6.92 Å². The van der Waals surface area contributed by atoms with Crippen molar-refractivity contribution in [3.63, 3.8) is 0 Å². The number of allylic oxidation sites excluding steroid dienone is 1. The van der Waals surface area contributed by atoms with Gasteiger partial charge in [-0.1, -0.05) is 75.2 Å². The van der Waals surface area contributed by atoms with Crippen LogP contribution >= 0.6 is 0 Å². The smallest absolute Gasteiger partial charge is 0.101 e. The van der Waals surface area contributed by atoms with E-state index >= 15 is 0 Å². The standard InChI is InChI=1S/C29H39N5.C2H5N/c1-6-7-8-9-10-27(32-19-23-13-16-25(30)26(17-23)31-5)34-22(4)28-21(3)18-33-29(28)24-14-11-20(2)12-15-24;1-2-3/h11-17,31H,4,6-10,18-19,30H2,1-3,5H3,(H,32,34);2H,1,3H2. The molecule has 6 nitrogen and oxygen atoms in total. The topological polar surface area (TPSA) is 101 Å². The fourth-order valence-corrected chi connectivity index (χ4v) is 4.15. The van der Waals surface area contributed by atoms with Crippen molar-refractivity contribution in [2.75, 3.05) is 24.6 Å². The highest BCUT2D eigenvalue weighted by atomic mass is 15.0. The molecule has 3 rings (SSSR count). The second kappa shape index (κ2) is 15.3. The van der Waals surface area contributed by atoms with Gasteiger partial charge in [0.25, 0.3) is 0 Å². The minimum absolute atomic E-state index is 0.593. The molecule has 0 atom stereocenters. The highest BCUT2D eigenvalue weighted by Crippen LogP contribution is 2.25. The molecule has 2 aromatic carbocycles. The van der Waals surface area contributed by atoms with Crippen molar-refractivity contribution in [3.05, 3.63) is 95.4 Å². The summed E-state index contributed by atoms with van der Waals surface area (Å²) in [5.41, 5.74) is 20.0. The van der Waals surface area contributed by atoms with Crippen molar-refractivity contribution in [2.24, 2.45) is 15.7 Å². The summed E-state index contributed by atoms with van der Waals surface area (Å²) in [7, 11) is 1.88. The van der Waals surface area contributed by atoms with Gasteiger partial charge in [0.15, 0.2) is 0 Å². The van der Waals surface area contributed by atoms with Crippen molar-refractivity contribution in [1.29, 1.82) is 0 Å². The van der Waals surface area contributed by atoms with Crippen LogP contribution < -0.4 is 22.1 Å². The lowest BCUT2D eigenvalue weighted by Crippen LogP contribution is -2.26. The molecule has 0 fully saturated rings. The van der Waals surface area contributed by atoms with Crippen LogP contribution in [0.4, 0.5) is 11.4 Å². The summed E-state index contributed by atoms with van der Waals surface area (Å²) in [4.78, 5) is 9.77. The zero-order valence-corrected chi connectivity index (χ0v) is 23.0. The highest BCUT2D eigenvalue weighted by Gasteiger charge is 2.21. The number of hydrogen-bond donors (Lipinski definition) is 4. The number of unbranched alkanes of at least 4 members (excludes halogenated alkanes) is 3. The van der Waals surface area contributed by atoms with Gasteiger partial charge < -0.3 is 22.1 Å². The lowest BCUT2D eigenvalue weighted by Gasteiger charge is -2.17. The molecule has 198 valence electrons. The summed E-state index contributed by atoms with van der Waals surface area (Å²) in [6.07, 6.45) is 6.91. The molecule has 6 N–H and O–H groups in total. The van der Waals surface area contributed by atoms with Gasteiger partial charge in [0.05, 0.1) is 30.2 Å². The van der Waals surface area contributed by atoms with Crippen LogP contribution in [0.1, 0.15) is 62.6 Å². The van der Waals surface area contributed by atoms with Gasteiger partial charge in [0, 0.05) is 30.3 Å². The number of anilines is 2. The number of nitrogens with one attached hydrogen (secondary N) is 2. The van der Waals surface area contributed by atoms with Gasteiger partial charge in [0.1, 0.15) is 5.84 Å². The molecule has 0 saturated heterocycles. The second-order valence-corrected chi connectivity index (χ2v) is 9.27. The fourth-order valence-electron chi connectivity index (χ4n) is 4.15. The van der Waals surface area contributed by atoms with E-state index in [1.807, 2.05) is 19.2 Å². The molecule has 0 bridgehead atoms. The molecular formula is C31H44N6. The zero-order chi connectivity index (χ0) is 27.2. The normalized spacial score (nSPS) is 13.0. The second-order valence-electron chi connectivity index (χ2n) is 9.27. The van der Waals surface area contributed by atoms with Crippen LogP contribution in [-0.2, 0) is 6.54 Å². The first-order valence-electron chi connectivity index (χ1n) is 13.0. The SMILES string of the molecule is C=C(NC(CCCCCC)=NCc1ccc(N)c(NC)c1)C1=C(C)CN=C1c1ccc(C)cc1.C=CN. The molecule has 0 radical (unpaired) electrons. The molecular weight excluding hydrogens is 456 g/mol. The van der Waals surface area contributed by atoms with E-state index < -0.39 is 0 Å². The van der Waals surface area contributed by atoms with Gasteiger partial charge in [-0.15, -0.1) is 0 Å². The number of hydrogen-bond acceptors (Lipinski definition) is 5. The summed E-state index contributed by atoms with van der Waals surface area (Å²) in [5, 5.41) is 6.71. The van der Waals surface area contributed by atoms with E-state index in [9.17, 15) is 0 Å². The fraction of sp³-hybridized carbons (Fsp3) is 0.355. The predicted molar refractivity (Wildman–Crippen MR) is 162 cm³/mol. The lowest BCUT2D eigenvalue weighted by atomic mass is 9.97. The summed E-state index contributed by atoms with van der Waals surface area (Å²) in [6.45, 7) is 15.3. The molecule has 0 unspecified atom stereocenters. The Labute approximate surface area is 223 Å². The molecule has 0 spiro atoms. The Hall–Kier alpha value is -3.80. The summed E-state index contributed by atoms with van der Waals surface area (Å²) < 4.78 is 0. The number of aryl methyl sites for hydroxylation is 1. The van der Waals surface area contributed by atoms with Gasteiger partial charge in [-0.05, 0) is 49.7 Å². The maximum atomic E-state index is 6.03. The van der Waals surface area contributed by atoms with E-state index in [2.05, 4.69) is 80.6 Å². The number of nitrogen functional groups attached to an aromatic ring is 1. The minimum Gasteiger partial charge on any atom is -0.405 e. The van der Waals surface area contributed by atoms with Crippen molar-refractivity contribution in [1.82, 2.24) is 5.32 Å². The number of rotatable bonds is 11. The molecule has 1 aliphatic heterocycles. The molecule has 0 saturated carbocycles. The number of aliphatic imine (C=N–C) groups is 2. The first kappa shape index (κ1) is 29.4. The van der Waals surface area contributed by atoms with Gasteiger partial charge in [-0.25, -0.2) is 0 Å². The van der Waals surface area contributed by atoms with Crippen molar-refractivity contribution >= 4 is 22.9 Å². The Bertz CT molecular complexity index is 1140. The first-order valence-corrected chi connectivity index (χ1v) is 13.0. The Morgan fingerprint density at radius 1 is 1.11 bits per heavy atom. The molecule has 0 amide bonds. The van der Waals surface area contributed by atoms with Crippen molar-refractivity contribution in [2.45, 2.75) is 59.4 Å². The first-order chi connectivity index (χ1) is 17.8. The predicted octanol–water partition coefficient (Wildman–Crippen LogP) is 6.50. The largest absolute Gasteiger partial charge is 0.405 e. The lowest BCUT2D eigenvalue weighted by molar-refractivity contribution is 0.677. The monoisotopic (exact) mass is 500 g/mol. The average molecular weight is 501 g/mol. The van der Waals surface area contributed by atoms with E-state index in [1.54, 1.807) is 0 Å². The molecule has 1 aliphatic rings. The number of benzene rings is 2. The van der Waals surface area contributed by atoms with E-state index in [0.717, 1.165) is 58.2 Å². The third kappa shape index (κ3) is 8.98. The van der Waals surface area contributed by atoms with Crippen molar-refractivity contribution < 1.29 is 0 Å².